The van der Waals surface area contributed by atoms with Crippen LogP contribution in [0.4, 0.5) is 0 Å². The largest absolute Gasteiger partial charge is 0.508 e. The number of thiophene rings is 1. The normalized spacial score (nSPS) is 16.7. The quantitative estimate of drug-likeness (QED) is 0.794. The third kappa shape index (κ3) is 2.44. The number of hydrogen-bond donors (Lipinski definition) is 1. The summed E-state index contributed by atoms with van der Waals surface area (Å²) in [6.07, 6.45) is 3.39. The summed E-state index contributed by atoms with van der Waals surface area (Å²) in [7, 11) is 0. The number of rotatable bonds is 1. The number of phenols is 1. The molecular weight excluding hydrogens is 280 g/mol. The minimum absolute atomic E-state index is 0.0470. The zero-order valence-corrected chi connectivity index (χ0v) is 11.6. The van der Waals surface area contributed by atoms with Gasteiger partial charge in [-0.25, -0.2) is 0 Å². The van der Waals surface area contributed by atoms with Gasteiger partial charge in [-0.15, -0.1) is 11.3 Å². The van der Waals surface area contributed by atoms with Crippen LogP contribution in [-0.2, 0) is 6.42 Å². The number of hydrogen-bond acceptors (Lipinski definition) is 3. The van der Waals surface area contributed by atoms with Crippen LogP contribution in [0.3, 0.4) is 0 Å². The summed E-state index contributed by atoms with van der Waals surface area (Å²) in [4.78, 5) is 13.4. The molecule has 0 radical (unpaired) electrons. The number of ketones is 1. The molecule has 0 amide bonds. The van der Waals surface area contributed by atoms with E-state index in [4.69, 9.17) is 11.6 Å². The van der Waals surface area contributed by atoms with Gasteiger partial charge in [-0.1, -0.05) is 11.6 Å². The Bertz CT molecular complexity index is 685. The summed E-state index contributed by atoms with van der Waals surface area (Å²) in [5, 5.41) is 9.44. The van der Waals surface area contributed by atoms with Gasteiger partial charge in [-0.2, -0.15) is 0 Å². The molecule has 96 valence electrons. The summed E-state index contributed by atoms with van der Waals surface area (Å²) < 4.78 is 0.723. The molecule has 0 bridgehead atoms. The van der Waals surface area contributed by atoms with E-state index in [1.807, 2.05) is 18.2 Å². The van der Waals surface area contributed by atoms with Crippen LogP contribution in [0.1, 0.15) is 27.2 Å². The molecule has 0 saturated carbocycles. The fraction of sp³-hybridized carbons (Fsp3) is 0.133. The molecule has 0 fully saturated rings. The minimum atomic E-state index is 0.0470. The Morgan fingerprint density at radius 3 is 2.79 bits per heavy atom. The number of Topliss-reactive ketones (excluding diaryl/α,β-unsaturated/α-hetero) is 1. The molecule has 0 aliphatic heterocycles. The smallest absolute Gasteiger partial charge is 0.189 e. The summed E-state index contributed by atoms with van der Waals surface area (Å²) >= 11 is 7.35. The number of aryl methyl sites for hydroxylation is 1. The van der Waals surface area contributed by atoms with Crippen molar-refractivity contribution in [3.8, 4) is 5.75 Å². The zero-order valence-electron chi connectivity index (χ0n) is 10.0. The van der Waals surface area contributed by atoms with E-state index < -0.39 is 0 Å². The van der Waals surface area contributed by atoms with Crippen LogP contribution in [0.2, 0.25) is 4.34 Å². The molecule has 2 aromatic rings. The third-order valence-corrected chi connectivity index (χ3v) is 4.38. The second-order valence-electron chi connectivity index (χ2n) is 4.48. The Hall–Kier alpha value is -1.58. The highest BCUT2D eigenvalue weighted by molar-refractivity contribution is 7.17. The maximum Gasteiger partial charge on any atom is 0.189 e. The molecule has 3 rings (SSSR count). The maximum atomic E-state index is 12.4. The van der Waals surface area contributed by atoms with Crippen molar-refractivity contribution < 1.29 is 9.90 Å². The standard InChI is InChI=1S/C15H11ClO2S/c16-14-6-4-12(19-14)8-10-2-1-9-7-11(17)3-5-13(9)15(10)18/h3-8,17H,1-2H2/b10-8+. The number of phenolic OH excluding ortho intramolecular Hbond substituents is 1. The van der Waals surface area contributed by atoms with Crippen molar-refractivity contribution in [2.75, 3.05) is 0 Å². The lowest BCUT2D eigenvalue weighted by Crippen LogP contribution is -2.13. The Kier molecular flexibility index (Phi) is 3.17. The summed E-state index contributed by atoms with van der Waals surface area (Å²) in [6.45, 7) is 0. The Labute approximate surface area is 120 Å². The minimum Gasteiger partial charge on any atom is -0.508 e. The first-order valence-electron chi connectivity index (χ1n) is 5.96. The van der Waals surface area contributed by atoms with Gasteiger partial charge in [0.15, 0.2) is 5.78 Å². The lowest BCUT2D eigenvalue weighted by molar-refractivity contribution is 0.102. The lowest BCUT2D eigenvalue weighted by atomic mass is 9.86. The first-order valence-corrected chi connectivity index (χ1v) is 7.15. The molecule has 0 spiro atoms. The van der Waals surface area contributed by atoms with Crippen molar-refractivity contribution in [3.05, 3.63) is 56.2 Å². The first kappa shape index (κ1) is 12.5. The number of benzene rings is 1. The van der Waals surface area contributed by atoms with Gasteiger partial charge in [0.25, 0.3) is 0 Å². The van der Waals surface area contributed by atoms with Crippen molar-refractivity contribution in [2.45, 2.75) is 12.8 Å². The van der Waals surface area contributed by atoms with Gasteiger partial charge < -0.3 is 5.11 Å². The molecule has 1 aliphatic rings. The maximum absolute atomic E-state index is 12.4. The molecule has 1 aromatic carbocycles. The van der Waals surface area contributed by atoms with E-state index in [0.717, 1.165) is 26.8 Å². The third-order valence-electron chi connectivity index (χ3n) is 3.20. The zero-order chi connectivity index (χ0) is 13.4. The topological polar surface area (TPSA) is 37.3 Å². The molecule has 1 heterocycles. The molecule has 1 aromatic heterocycles. The molecule has 0 saturated heterocycles. The van der Waals surface area contributed by atoms with Crippen LogP contribution in [0.25, 0.3) is 6.08 Å². The van der Waals surface area contributed by atoms with E-state index in [0.29, 0.717) is 12.0 Å². The first-order chi connectivity index (χ1) is 9.13. The van der Waals surface area contributed by atoms with E-state index in [1.165, 1.54) is 11.3 Å². The fourth-order valence-corrected chi connectivity index (χ4v) is 3.31. The Morgan fingerprint density at radius 2 is 2.05 bits per heavy atom. The molecular formula is C15H11ClO2S. The van der Waals surface area contributed by atoms with Crippen molar-refractivity contribution in [3.63, 3.8) is 0 Å². The van der Waals surface area contributed by atoms with Crippen LogP contribution >= 0.6 is 22.9 Å². The molecule has 0 atom stereocenters. The number of halogens is 1. The monoisotopic (exact) mass is 290 g/mol. The van der Waals surface area contributed by atoms with E-state index in [-0.39, 0.29) is 11.5 Å². The van der Waals surface area contributed by atoms with Crippen LogP contribution in [0, 0.1) is 0 Å². The molecule has 4 heteroatoms. The number of fused-ring (bicyclic) bond motifs is 1. The average molecular weight is 291 g/mol. The van der Waals surface area contributed by atoms with Gasteiger partial charge in [-0.05, 0) is 54.8 Å². The second kappa shape index (κ2) is 4.83. The van der Waals surface area contributed by atoms with Gasteiger partial charge >= 0.3 is 0 Å². The van der Waals surface area contributed by atoms with Crippen LogP contribution in [0.15, 0.2) is 35.9 Å². The van der Waals surface area contributed by atoms with Gasteiger partial charge in [0.2, 0.25) is 0 Å². The molecule has 19 heavy (non-hydrogen) atoms. The van der Waals surface area contributed by atoms with E-state index in [2.05, 4.69) is 0 Å². The number of carbonyl (C=O) groups excluding carboxylic acids is 1. The van der Waals surface area contributed by atoms with E-state index in [1.54, 1.807) is 18.2 Å². The van der Waals surface area contributed by atoms with Gasteiger partial charge in [0.1, 0.15) is 5.75 Å². The second-order valence-corrected chi connectivity index (χ2v) is 6.23. The van der Waals surface area contributed by atoms with E-state index >= 15 is 0 Å². The summed E-state index contributed by atoms with van der Waals surface area (Å²) in [6, 6.07) is 8.67. The summed E-state index contributed by atoms with van der Waals surface area (Å²) in [5.74, 6) is 0.259. The lowest BCUT2D eigenvalue weighted by Gasteiger charge is -2.17. The van der Waals surface area contributed by atoms with Gasteiger partial charge in [0, 0.05) is 16.0 Å². The van der Waals surface area contributed by atoms with Crippen molar-refractivity contribution >= 4 is 34.8 Å². The highest BCUT2D eigenvalue weighted by Gasteiger charge is 2.22. The van der Waals surface area contributed by atoms with Gasteiger partial charge in [-0.3, -0.25) is 4.79 Å². The van der Waals surface area contributed by atoms with Crippen LogP contribution in [-0.4, -0.2) is 10.9 Å². The Morgan fingerprint density at radius 1 is 1.21 bits per heavy atom. The number of allylic oxidation sites excluding steroid dienone is 1. The average Bonchev–Trinajstić information content (AvgIpc) is 2.78. The fourth-order valence-electron chi connectivity index (χ4n) is 2.28. The van der Waals surface area contributed by atoms with Crippen molar-refractivity contribution in [2.24, 2.45) is 0 Å². The molecule has 2 nitrogen and oxygen atoms in total. The molecule has 0 unspecified atom stereocenters. The van der Waals surface area contributed by atoms with Crippen molar-refractivity contribution in [1.82, 2.24) is 0 Å². The van der Waals surface area contributed by atoms with Gasteiger partial charge in [0.05, 0.1) is 4.34 Å². The predicted octanol–water partition coefficient (Wildman–Crippen LogP) is 4.32. The Balaban J connectivity index is 1.97. The number of aromatic hydroxyl groups is 1. The number of carbonyl (C=O) groups is 1. The van der Waals surface area contributed by atoms with Crippen molar-refractivity contribution in [1.29, 1.82) is 0 Å². The molecule has 1 N–H and O–H groups in total. The predicted molar refractivity (Wildman–Crippen MR) is 78.1 cm³/mol. The summed E-state index contributed by atoms with van der Waals surface area (Å²) in [5.41, 5.74) is 2.42. The SMILES string of the molecule is O=C1/C(=C/c2ccc(Cl)s2)CCc2cc(O)ccc21. The van der Waals surface area contributed by atoms with E-state index in [9.17, 15) is 9.90 Å². The van der Waals surface area contributed by atoms with Crippen LogP contribution < -0.4 is 0 Å². The highest BCUT2D eigenvalue weighted by Crippen LogP contribution is 2.31. The highest BCUT2D eigenvalue weighted by atomic mass is 35.5. The molecule has 1 aliphatic carbocycles. The van der Waals surface area contributed by atoms with Crippen LogP contribution in [0.5, 0.6) is 5.75 Å².